The van der Waals surface area contributed by atoms with Crippen LogP contribution in [0, 0.1) is 5.82 Å². The van der Waals surface area contributed by atoms with Gasteiger partial charge in [0.1, 0.15) is 11.6 Å². The van der Waals surface area contributed by atoms with Crippen molar-refractivity contribution >= 4 is 11.9 Å². The minimum atomic E-state index is -0.291. The number of hydrazone groups is 1. The van der Waals surface area contributed by atoms with Gasteiger partial charge < -0.3 is 5.11 Å². The molecule has 0 heterocycles. The SMILES string of the molecule is Oc1ccccc1/C=N/Nc1ccc(F)cc1. The molecule has 0 saturated heterocycles. The van der Waals surface area contributed by atoms with Crippen LogP contribution in [-0.2, 0) is 0 Å². The lowest BCUT2D eigenvalue weighted by Crippen LogP contribution is -1.90. The average molecular weight is 230 g/mol. The first-order valence-electron chi connectivity index (χ1n) is 5.08. The Morgan fingerprint density at radius 1 is 1.06 bits per heavy atom. The van der Waals surface area contributed by atoms with Gasteiger partial charge in [0, 0.05) is 5.56 Å². The zero-order valence-corrected chi connectivity index (χ0v) is 8.97. The molecule has 0 aliphatic heterocycles. The first-order chi connectivity index (χ1) is 8.25. The molecule has 0 spiro atoms. The highest BCUT2D eigenvalue weighted by atomic mass is 19.1. The third kappa shape index (κ3) is 3.04. The van der Waals surface area contributed by atoms with E-state index in [1.807, 2.05) is 0 Å². The van der Waals surface area contributed by atoms with Gasteiger partial charge in [-0.25, -0.2) is 4.39 Å². The maximum absolute atomic E-state index is 12.6. The number of rotatable bonds is 3. The van der Waals surface area contributed by atoms with Gasteiger partial charge in [-0.1, -0.05) is 12.1 Å². The van der Waals surface area contributed by atoms with Crippen LogP contribution in [0.4, 0.5) is 10.1 Å². The number of halogens is 1. The highest BCUT2D eigenvalue weighted by Gasteiger charge is 1.94. The van der Waals surface area contributed by atoms with Crippen LogP contribution in [-0.4, -0.2) is 11.3 Å². The number of phenols is 1. The van der Waals surface area contributed by atoms with Crippen molar-refractivity contribution < 1.29 is 9.50 Å². The molecule has 4 heteroatoms. The van der Waals surface area contributed by atoms with Crippen LogP contribution >= 0.6 is 0 Å². The van der Waals surface area contributed by atoms with Crippen LogP contribution in [0.25, 0.3) is 0 Å². The monoisotopic (exact) mass is 230 g/mol. The quantitative estimate of drug-likeness (QED) is 0.629. The van der Waals surface area contributed by atoms with Crippen LogP contribution < -0.4 is 5.43 Å². The first kappa shape index (κ1) is 11.1. The third-order valence-corrected chi connectivity index (χ3v) is 2.18. The number of nitrogens with zero attached hydrogens (tertiary/aromatic N) is 1. The Hall–Kier alpha value is -2.36. The molecule has 3 nitrogen and oxygen atoms in total. The second-order valence-electron chi connectivity index (χ2n) is 3.44. The lowest BCUT2D eigenvalue weighted by Gasteiger charge is -2.00. The molecular weight excluding hydrogens is 219 g/mol. The van der Waals surface area contributed by atoms with E-state index < -0.39 is 0 Å². The van der Waals surface area contributed by atoms with E-state index in [-0.39, 0.29) is 11.6 Å². The summed E-state index contributed by atoms with van der Waals surface area (Å²) >= 11 is 0. The van der Waals surface area contributed by atoms with Crippen LogP contribution in [0.2, 0.25) is 0 Å². The van der Waals surface area contributed by atoms with Crippen molar-refractivity contribution in [2.45, 2.75) is 0 Å². The maximum Gasteiger partial charge on any atom is 0.124 e. The van der Waals surface area contributed by atoms with Crippen LogP contribution in [0.5, 0.6) is 5.75 Å². The lowest BCUT2D eigenvalue weighted by molar-refractivity contribution is 0.474. The molecule has 0 saturated carbocycles. The van der Waals surface area contributed by atoms with Gasteiger partial charge in [-0.15, -0.1) is 0 Å². The summed E-state index contributed by atoms with van der Waals surface area (Å²) in [5.41, 5.74) is 4.03. The van der Waals surface area contributed by atoms with Crippen molar-refractivity contribution in [3.8, 4) is 5.75 Å². The molecule has 2 aromatic carbocycles. The topological polar surface area (TPSA) is 44.6 Å². The van der Waals surface area contributed by atoms with Gasteiger partial charge in [-0.3, -0.25) is 5.43 Å². The largest absolute Gasteiger partial charge is 0.507 e. The number of aromatic hydroxyl groups is 1. The van der Waals surface area contributed by atoms with E-state index in [0.29, 0.717) is 11.3 Å². The van der Waals surface area contributed by atoms with Gasteiger partial charge in [0.25, 0.3) is 0 Å². The standard InChI is InChI=1S/C13H11FN2O/c14-11-5-7-12(8-6-11)16-15-9-10-3-1-2-4-13(10)17/h1-9,16-17H/b15-9+. The summed E-state index contributed by atoms with van der Waals surface area (Å²) in [4.78, 5) is 0. The molecule has 0 aliphatic carbocycles. The Morgan fingerprint density at radius 2 is 1.76 bits per heavy atom. The fourth-order valence-electron chi connectivity index (χ4n) is 1.30. The van der Waals surface area contributed by atoms with E-state index in [1.54, 1.807) is 36.4 Å². The molecule has 0 radical (unpaired) electrons. The van der Waals surface area contributed by atoms with E-state index >= 15 is 0 Å². The number of anilines is 1. The number of para-hydroxylation sites is 1. The maximum atomic E-state index is 12.6. The summed E-state index contributed by atoms with van der Waals surface area (Å²) in [6, 6.07) is 12.7. The van der Waals surface area contributed by atoms with Crippen molar-refractivity contribution in [3.63, 3.8) is 0 Å². The zero-order chi connectivity index (χ0) is 12.1. The molecule has 0 aromatic heterocycles. The smallest absolute Gasteiger partial charge is 0.124 e. The van der Waals surface area contributed by atoms with Gasteiger partial charge in [0.15, 0.2) is 0 Å². The van der Waals surface area contributed by atoms with Crippen LogP contribution in [0.1, 0.15) is 5.56 Å². The minimum absolute atomic E-state index is 0.164. The summed E-state index contributed by atoms with van der Waals surface area (Å²) in [5, 5.41) is 13.4. The van der Waals surface area contributed by atoms with Crippen LogP contribution in [0.3, 0.4) is 0 Å². The molecule has 0 atom stereocenters. The van der Waals surface area contributed by atoms with Crippen molar-refractivity contribution in [2.75, 3.05) is 5.43 Å². The number of hydrogen-bond acceptors (Lipinski definition) is 3. The van der Waals surface area contributed by atoms with Gasteiger partial charge in [0.05, 0.1) is 11.9 Å². The fraction of sp³-hybridized carbons (Fsp3) is 0. The second kappa shape index (κ2) is 5.12. The summed E-state index contributed by atoms with van der Waals surface area (Å²) in [7, 11) is 0. The van der Waals surface area contributed by atoms with Gasteiger partial charge in [0.2, 0.25) is 0 Å². The van der Waals surface area contributed by atoms with Crippen molar-refractivity contribution in [1.82, 2.24) is 0 Å². The molecule has 0 bridgehead atoms. The van der Waals surface area contributed by atoms with E-state index in [2.05, 4.69) is 10.5 Å². The fourth-order valence-corrected chi connectivity index (χ4v) is 1.30. The Kier molecular flexibility index (Phi) is 3.35. The second-order valence-corrected chi connectivity index (χ2v) is 3.44. The molecule has 17 heavy (non-hydrogen) atoms. The summed E-state index contributed by atoms with van der Waals surface area (Å²) < 4.78 is 12.6. The van der Waals surface area contributed by atoms with Gasteiger partial charge >= 0.3 is 0 Å². The first-order valence-corrected chi connectivity index (χ1v) is 5.08. The average Bonchev–Trinajstić information content (AvgIpc) is 2.34. The van der Waals surface area contributed by atoms with Gasteiger partial charge in [-0.2, -0.15) is 5.10 Å². The molecule has 0 fully saturated rings. The normalized spacial score (nSPS) is 10.6. The Morgan fingerprint density at radius 3 is 2.47 bits per heavy atom. The van der Waals surface area contributed by atoms with Crippen LogP contribution in [0.15, 0.2) is 53.6 Å². The molecule has 86 valence electrons. The molecule has 0 amide bonds. The molecule has 0 aliphatic rings. The number of phenolic OH excluding ortho intramolecular Hbond substituents is 1. The van der Waals surface area contributed by atoms with Gasteiger partial charge in [-0.05, 0) is 36.4 Å². The van der Waals surface area contributed by atoms with Crippen molar-refractivity contribution in [1.29, 1.82) is 0 Å². The van der Waals surface area contributed by atoms with E-state index in [0.717, 1.165) is 0 Å². The molecule has 2 N–H and O–H groups in total. The highest BCUT2D eigenvalue weighted by molar-refractivity contribution is 5.83. The lowest BCUT2D eigenvalue weighted by atomic mass is 10.2. The zero-order valence-electron chi connectivity index (χ0n) is 8.97. The highest BCUT2D eigenvalue weighted by Crippen LogP contribution is 2.13. The summed E-state index contributed by atoms with van der Waals surface area (Å²) in [5.74, 6) is -0.127. The Labute approximate surface area is 98.2 Å². The molecule has 2 rings (SSSR count). The minimum Gasteiger partial charge on any atom is -0.507 e. The van der Waals surface area contributed by atoms with Crippen molar-refractivity contribution in [2.24, 2.45) is 5.10 Å². The number of hydrogen-bond donors (Lipinski definition) is 2. The summed E-state index contributed by atoms with van der Waals surface area (Å²) in [6.45, 7) is 0. The predicted octanol–water partition coefficient (Wildman–Crippen LogP) is 2.98. The number of nitrogens with one attached hydrogen (secondary N) is 1. The Bertz CT molecular complexity index is 523. The number of benzene rings is 2. The summed E-state index contributed by atoms with van der Waals surface area (Å²) in [6.07, 6.45) is 1.50. The molecule has 2 aromatic rings. The molecular formula is C13H11FN2O. The van der Waals surface area contributed by atoms with Crippen molar-refractivity contribution in [3.05, 3.63) is 59.9 Å². The van der Waals surface area contributed by atoms with E-state index in [9.17, 15) is 9.50 Å². The van der Waals surface area contributed by atoms with E-state index in [4.69, 9.17) is 0 Å². The predicted molar refractivity (Wildman–Crippen MR) is 65.7 cm³/mol. The third-order valence-electron chi connectivity index (χ3n) is 2.18. The Balaban J connectivity index is 2.03. The molecule has 0 unspecified atom stereocenters. The van der Waals surface area contributed by atoms with E-state index in [1.165, 1.54) is 18.3 Å².